The quantitative estimate of drug-likeness (QED) is 0.751. The summed E-state index contributed by atoms with van der Waals surface area (Å²) in [4.78, 5) is 9.91. The summed E-state index contributed by atoms with van der Waals surface area (Å²) in [7, 11) is 0. The van der Waals surface area contributed by atoms with Crippen molar-refractivity contribution in [3.05, 3.63) is 18.7 Å². The Labute approximate surface area is 123 Å². The number of carboxylic acids is 1. The molecule has 0 aliphatic carbocycles. The lowest BCUT2D eigenvalue weighted by atomic mass is 9.98. The summed E-state index contributed by atoms with van der Waals surface area (Å²) >= 11 is 0. The number of aliphatic carboxylic acids is 1. The first-order chi connectivity index (χ1) is 9.31. The van der Waals surface area contributed by atoms with Crippen molar-refractivity contribution in [1.82, 2.24) is 4.57 Å². The molecule has 1 rings (SSSR count). The van der Waals surface area contributed by atoms with Crippen LogP contribution >= 0.6 is 0 Å². The fourth-order valence-corrected chi connectivity index (χ4v) is 1.38. The van der Waals surface area contributed by atoms with Gasteiger partial charge in [-0.1, -0.05) is 47.5 Å². The largest absolute Gasteiger partial charge is 0.550 e. The molecule has 4 nitrogen and oxygen atoms in total. The predicted octanol–water partition coefficient (Wildman–Crippen LogP) is 2.16. The number of hydrogen-bond donors (Lipinski definition) is 0. The van der Waals surface area contributed by atoms with Gasteiger partial charge in [-0.2, -0.15) is 0 Å². The molecule has 0 aliphatic rings. The van der Waals surface area contributed by atoms with Crippen molar-refractivity contribution >= 4 is 5.97 Å². The number of rotatable bonds is 6. The summed E-state index contributed by atoms with van der Waals surface area (Å²) in [6.07, 6.45) is 11.7. The summed E-state index contributed by atoms with van der Waals surface area (Å²) in [5.41, 5.74) is -0.694. The second-order valence-electron chi connectivity index (χ2n) is 6.13. The molecule has 20 heavy (non-hydrogen) atoms. The standard InChI is InChI=1S/C11H21N2.C5H10O2/c1-3-5-7-12-9-10-13(11-12)8-6-4-2;1-5(2,3)4(6)7/h9-11H,3-8H2,1-2H3;1-3H3,(H,6,7)/q+1;/p-1. The number of imidazole rings is 1. The highest BCUT2D eigenvalue weighted by atomic mass is 16.4. The molecule has 0 unspecified atom stereocenters. The zero-order valence-corrected chi connectivity index (χ0v) is 13.7. The summed E-state index contributed by atoms with van der Waals surface area (Å²) < 4.78 is 4.55. The van der Waals surface area contributed by atoms with Crippen molar-refractivity contribution in [2.75, 3.05) is 0 Å². The van der Waals surface area contributed by atoms with E-state index in [4.69, 9.17) is 0 Å². The molecule has 0 aliphatic heterocycles. The van der Waals surface area contributed by atoms with Crippen molar-refractivity contribution < 1.29 is 14.5 Å². The Kier molecular flexibility index (Phi) is 8.93. The lowest BCUT2D eigenvalue weighted by Gasteiger charge is -2.18. The van der Waals surface area contributed by atoms with E-state index in [1.165, 1.54) is 25.7 Å². The summed E-state index contributed by atoms with van der Waals surface area (Å²) in [6, 6.07) is 0. The van der Waals surface area contributed by atoms with E-state index in [1.54, 1.807) is 20.8 Å². The minimum atomic E-state index is -1.01. The molecule has 1 aromatic heterocycles. The van der Waals surface area contributed by atoms with Crippen molar-refractivity contribution in [3.8, 4) is 0 Å². The molecule has 0 bridgehead atoms. The lowest BCUT2D eigenvalue weighted by Crippen LogP contribution is -2.35. The highest BCUT2D eigenvalue weighted by Gasteiger charge is 2.09. The normalized spacial score (nSPS) is 10.8. The van der Waals surface area contributed by atoms with Gasteiger partial charge in [-0.15, -0.1) is 0 Å². The Hall–Kier alpha value is -1.32. The van der Waals surface area contributed by atoms with Gasteiger partial charge in [0, 0.05) is 11.4 Å². The van der Waals surface area contributed by atoms with E-state index in [0.29, 0.717) is 0 Å². The zero-order chi connectivity index (χ0) is 15.6. The maximum Gasteiger partial charge on any atom is 0.243 e. The Balaban J connectivity index is 0.000000441. The fourth-order valence-electron chi connectivity index (χ4n) is 1.38. The Morgan fingerprint density at radius 3 is 2.20 bits per heavy atom. The Morgan fingerprint density at radius 1 is 1.20 bits per heavy atom. The van der Waals surface area contributed by atoms with Gasteiger partial charge in [-0.05, 0) is 12.8 Å². The topological polar surface area (TPSA) is 48.9 Å². The van der Waals surface area contributed by atoms with Crippen LogP contribution in [0.25, 0.3) is 0 Å². The molecule has 0 spiro atoms. The molecule has 1 heterocycles. The summed E-state index contributed by atoms with van der Waals surface area (Å²) in [6.45, 7) is 11.6. The number of aromatic nitrogens is 2. The minimum absolute atomic E-state index is 0.694. The van der Waals surface area contributed by atoms with Crippen LogP contribution in [0.5, 0.6) is 0 Å². The monoisotopic (exact) mass is 282 g/mol. The second kappa shape index (κ2) is 9.56. The minimum Gasteiger partial charge on any atom is -0.550 e. The molecular weight excluding hydrogens is 252 g/mol. The van der Waals surface area contributed by atoms with Crippen LogP contribution in [0.15, 0.2) is 18.7 Å². The van der Waals surface area contributed by atoms with Gasteiger partial charge in [0.15, 0.2) is 0 Å². The van der Waals surface area contributed by atoms with Crippen LogP contribution in [0.1, 0.15) is 60.3 Å². The number of unbranched alkanes of at least 4 members (excludes halogenated alkanes) is 2. The van der Waals surface area contributed by atoms with Crippen LogP contribution in [-0.4, -0.2) is 10.5 Å². The van der Waals surface area contributed by atoms with Crippen LogP contribution in [0.4, 0.5) is 0 Å². The Morgan fingerprint density at radius 2 is 1.75 bits per heavy atom. The van der Waals surface area contributed by atoms with E-state index >= 15 is 0 Å². The van der Waals surface area contributed by atoms with Crippen LogP contribution < -0.4 is 9.67 Å². The third-order valence-corrected chi connectivity index (χ3v) is 2.90. The van der Waals surface area contributed by atoms with E-state index in [2.05, 4.69) is 41.7 Å². The molecular formula is C16H30N2O2. The Bertz CT molecular complexity index is 356. The second-order valence-corrected chi connectivity index (χ2v) is 6.13. The third kappa shape index (κ3) is 8.73. The van der Waals surface area contributed by atoms with Crippen LogP contribution in [0, 0.1) is 5.41 Å². The smallest absolute Gasteiger partial charge is 0.243 e. The van der Waals surface area contributed by atoms with Crippen molar-refractivity contribution in [3.63, 3.8) is 0 Å². The van der Waals surface area contributed by atoms with Crippen molar-refractivity contribution in [2.24, 2.45) is 5.41 Å². The van der Waals surface area contributed by atoms with Crippen LogP contribution in [-0.2, 0) is 17.9 Å². The first kappa shape index (κ1) is 18.7. The maximum atomic E-state index is 9.91. The SMILES string of the molecule is CC(C)(C)C(=O)[O-].CCCCn1cc[n+](CCCC)c1. The van der Waals surface area contributed by atoms with E-state index in [1.807, 2.05) is 0 Å². The van der Waals surface area contributed by atoms with E-state index in [-0.39, 0.29) is 0 Å². The maximum absolute atomic E-state index is 9.91. The number of carbonyl (C=O) groups is 1. The summed E-state index contributed by atoms with van der Waals surface area (Å²) in [5.74, 6) is -1.01. The van der Waals surface area contributed by atoms with Gasteiger partial charge >= 0.3 is 0 Å². The van der Waals surface area contributed by atoms with Gasteiger partial charge in [0.25, 0.3) is 0 Å². The highest BCUT2D eigenvalue weighted by Crippen LogP contribution is 2.09. The molecule has 0 N–H and O–H groups in total. The molecule has 0 atom stereocenters. The van der Waals surface area contributed by atoms with Crippen LogP contribution in [0.3, 0.4) is 0 Å². The molecule has 0 radical (unpaired) electrons. The first-order valence-corrected chi connectivity index (χ1v) is 7.57. The average molecular weight is 282 g/mol. The fraction of sp³-hybridized carbons (Fsp3) is 0.750. The first-order valence-electron chi connectivity index (χ1n) is 7.57. The number of nitrogens with zero attached hydrogens (tertiary/aromatic N) is 2. The van der Waals surface area contributed by atoms with Gasteiger partial charge in [-0.3, -0.25) is 0 Å². The molecule has 0 saturated heterocycles. The number of carboxylic acid groups (broad SMARTS) is 1. The van der Waals surface area contributed by atoms with E-state index in [0.717, 1.165) is 13.1 Å². The van der Waals surface area contributed by atoms with Gasteiger partial charge in [0.1, 0.15) is 12.4 Å². The third-order valence-electron chi connectivity index (χ3n) is 2.90. The predicted molar refractivity (Wildman–Crippen MR) is 78.9 cm³/mol. The van der Waals surface area contributed by atoms with Crippen molar-refractivity contribution in [2.45, 2.75) is 73.4 Å². The van der Waals surface area contributed by atoms with Gasteiger partial charge < -0.3 is 9.90 Å². The van der Waals surface area contributed by atoms with Gasteiger partial charge in [-0.25, -0.2) is 9.13 Å². The molecule has 4 heteroatoms. The molecule has 0 aromatic carbocycles. The summed E-state index contributed by atoms with van der Waals surface area (Å²) in [5, 5.41) is 9.91. The molecule has 0 saturated carbocycles. The van der Waals surface area contributed by atoms with Crippen LogP contribution in [0.2, 0.25) is 0 Å². The molecule has 116 valence electrons. The zero-order valence-electron chi connectivity index (χ0n) is 13.7. The average Bonchev–Trinajstić information content (AvgIpc) is 2.81. The van der Waals surface area contributed by atoms with Gasteiger partial charge in [0.2, 0.25) is 6.33 Å². The van der Waals surface area contributed by atoms with Crippen molar-refractivity contribution in [1.29, 1.82) is 0 Å². The molecule has 1 aromatic rings. The van der Waals surface area contributed by atoms with E-state index in [9.17, 15) is 9.90 Å². The highest BCUT2D eigenvalue weighted by molar-refractivity contribution is 5.70. The number of aryl methyl sites for hydroxylation is 2. The number of hydrogen-bond acceptors (Lipinski definition) is 2. The lowest BCUT2D eigenvalue weighted by molar-refractivity contribution is -0.696. The van der Waals surface area contributed by atoms with E-state index < -0.39 is 11.4 Å². The molecule has 0 amide bonds. The number of carbonyl (C=O) groups excluding carboxylic acids is 1. The van der Waals surface area contributed by atoms with Gasteiger partial charge in [0.05, 0.1) is 13.1 Å². The molecule has 0 fully saturated rings.